The van der Waals surface area contributed by atoms with Gasteiger partial charge in [-0.3, -0.25) is 14.8 Å². The largest absolute Gasteiger partial charge is 0.462 e. The lowest BCUT2D eigenvalue weighted by molar-refractivity contribution is 0.0526. The summed E-state index contributed by atoms with van der Waals surface area (Å²) in [4.78, 5) is 27.2. The van der Waals surface area contributed by atoms with Gasteiger partial charge in [-0.05, 0) is 44.2 Å². The molecule has 0 spiro atoms. The minimum Gasteiger partial charge on any atom is -0.462 e. The molecule has 1 N–H and O–H groups in total. The molecule has 34 heavy (non-hydrogen) atoms. The molecule has 1 aliphatic heterocycles. The Labute approximate surface area is 196 Å². The monoisotopic (exact) mass is 455 g/mol. The number of anilines is 1. The van der Waals surface area contributed by atoms with Crippen molar-refractivity contribution in [2.45, 2.75) is 19.9 Å². The van der Waals surface area contributed by atoms with Gasteiger partial charge >= 0.3 is 5.97 Å². The van der Waals surface area contributed by atoms with Crippen LogP contribution >= 0.6 is 0 Å². The second-order valence-corrected chi connectivity index (χ2v) is 8.09. The lowest BCUT2D eigenvalue weighted by atomic mass is 9.95. The first-order valence-corrected chi connectivity index (χ1v) is 11.0. The van der Waals surface area contributed by atoms with E-state index >= 15 is 4.39 Å². The number of amides is 1. The summed E-state index contributed by atoms with van der Waals surface area (Å²) in [5.41, 5.74) is 4.73. The zero-order valence-corrected chi connectivity index (χ0v) is 18.7. The summed E-state index contributed by atoms with van der Waals surface area (Å²) in [6, 6.07) is 20.0. The fraction of sp³-hybridized carbons (Fsp3) is 0.148. The molecule has 1 aliphatic rings. The van der Waals surface area contributed by atoms with Gasteiger partial charge in [0.25, 0.3) is 5.91 Å². The number of fused-ring (bicyclic) bond motifs is 1. The highest BCUT2D eigenvalue weighted by Gasteiger charge is 2.44. The van der Waals surface area contributed by atoms with Crippen molar-refractivity contribution in [3.8, 4) is 11.3 Å². The molecule has 3 aromatic carbocycles. The van der Waals surface area contributed by atoms with E-state index in [9.17, 15) is 9.59 Å². The van der Waals surface area contributed by atoms with E-state index < -0.39 is 17.8 Å². The number of esters is 1. The number of hydrogen-bond donors (Lipinski definition) is 1. The summed E-state index contributed by atoms with van der Waals surface area (Å²) in [6.07, 6.45) is 0. The molecule has 5 rings (SSSR count). The molecule has 0 saturated carbocycles. The predicted molar refractivity (Wildman–Crippen MR) is 126 cm³/mol. The third-order valence-electron chi connectivity index (χ3n) is 5.95. The number of hydrogen-bond acceptors (Lipinski definition) is 4. The molecule has 2 heterocycles. The molecule has 6 nitrogen and oxygen atoms in total. The number of benzene rings is 3. The van der Waals surface area contributed by atoms with Gasteiger partial charge in [0.2, 0.25) is 0 Å². The summed E-state index contributed by atoms with van der Waals surface area (Å²) in [6.45, 7) is 4.00. The number of nitrogens with zero attached hydrogens (tertiary/aromatic N) is 2. The van der Waals surface area contributed by atoms with E-state index in [-0.39, 0.29) is 12.5 Å². The lowest BCUT2D eigenvalue weighted by Crippen LogP contribution is -2.30. The van der Waals surface area contributed by atoms with Gasteiger partial charge in [-0.1, -0.05) is 48.0 Å². The Morgan fingerprint density at radius 2 is 1.76 bits per heavy atom. The number of rotatable bonds is 5. The Morgan fingerprint density at radius 3 is 2.44 bits per heavy atom. The van der Waals surface area contributed by atoms with E-state index in [1.54, 1.807) is 49.4 Å². The second-order valence-electron chi connectivity index (χ2n) is 8.09. The van der Waals surface area contributed by atoms with Crippen molar-refractivity contribution in [3.05, 3.63) is 107 Å². The molecule has 1 unspecified atom stereocenters. The molecule has 0 aliphatic carbocycles. The van der Waals surface area contributed by atoms with Gasteiger partial charge in [0.1, 0.15) is 11.5 Å². The van der Waals surface area contributed by atoms with Crippen molar-refractivity contribution in [1.29, 1.82) is 0 Å². The molecule has 0 saturated heterocycles. The summed E-state index contributed by atoms with van der Waals surface area (Å²) < 4.78 is 20.1. The van der Waals surface area contributed by atoms with Crippen LogP contribution in [-0.4, -0.2) is 28.7 Å². The highest BCUT2D eigenvalue weighted by molar-refractivity contribution is 6.12. The zero-order valence-electron chi connectivity index (χ0n) is 18.7. The molecule has 7 heteroatoms. The van der Waals surface area contributed by atoms with Crippen molar-refractivity contribution in [3.63, 3.8) is 0 Å². The molecule has 170 valence electrons. The maximum atomic E-state index is 15.1. The Bertz CT molecular complexity index is 1380. The minimum absolute atomic E-state index is 0.268. The van der Waals surface area contributed by atoms with Gasteiger partial charge < -0.3 is 4.74 Å². The fourth-order valence-corrected chi connectivity index (χ4v) is 4.31. The third-order valence-corrected chi connectivity index (χ3v) is 5.95. The third kappa shape index (κ3) is 3.55. The predicted octanol–water partition coefficient (Wildman–Crippen LogP) is 5.45. The summed E-state index contributed by atoms with van der Waals surface area (Å²) >= 11 is 0. The van der Waals surface area contributed by atoms with E-state index in [0.717, 1.165) is 11.1 Å². The molecule has 0 bridgehead atoms. The standard InChI is InChI=1S/C27H22FN3O3/c1-3-34-27(33)18-12-14-19(15-13-18)31-25(20-6-4-5-7-21(20)28)22-23(29-30-24(22)26(31)32)17-10-8-16(2)9-11-17/h4-15,25H,3H2,1-2H3,(H,29,30). The van der Waals surface area contributed by atoms with Crippen molar-refractivity contribution >= 4 is 17.6 Å². The van der Waals surface area contributed by atoms with E-state index in [0.29, 0.717) is 33.8 Å². The molecular formula is C27H22FN3O3. The minimum atomic E-state index is -0.729. The first-order valence-electron chi connectivity index (χ1n) is 11.0. The van der Waals surface area contributed by atoms with Crippen molar-refractivity contribution in [2.24, 2.45) is 0 Å². The number of aromatic nitrogens is 2. The van der Waals surface area contributed by atoms with Crippen LogP contribution in [-0.2, 0) is 4.74 Å². The molecule has 0 fully saturated rings. The average molecular weight is 455 g/mol. The zero-order chi connectivity index (χ0) is 23.8. The van der Waals surface area contributed by atoms with E-state index in [4.69, 9.17) is 4.74 Å². The smallest absolute Gasteiger partial charge is 0.338 e. The van der Waals surface area contributed by atoms with Crippen molar-refractivity contribution in [1.82, 2.24) is 10.2 Å². The van der Waals surface area contributed by atoms with Crippen molar-refractivity contribution < 1.29 is 18.7 Å². The Morgan fingerprint density at radius 1 is 1.06 bits per heavy atom. The average Bonchev–Trinajstić information content (AvgIpc) is 3.39. The number of carbonyl (C=O) groups is 2. The number of ether oxygens (including phenoxy) is 1. The van der Waals surface area contributed by atoms with Crippen molar-refractivity contribution in [2.75, 3.05) is 11.5 Å². The molecule has 4 aromatic rings. The van der Waals surface area contributed by atoms with E-state index in [1.807, 2.05) is 31.2 Å². The van der Waals surface area contributed by atoms with Gasteiger partial charge in [-0.25, -0.2) is 9.18 Å². The van der Waals surface area contributed by atoms with Crippen LogP contribution in [0.15, 0.2) is 72.8 Å². The van der Waals surface area contributed by atoms with E-state index in [1.165, 1.54) is 11.0 Å². The molecule has 0 radical (unpaired) electrons. The molecule has 1 aromatic heterocycles. The van der Waals surface area contributed by atoms with Crippen LogP contribution in [0.5, 0.6) is 0 Å². The maximum Gasteiger partial charge on any atom is 0.338 e. The Hall–Kier alpha value is -4.26. The number of nitrogens with one attached hydrogen (secondary N) is 1. The first kappa shape index (κ1) is 21.6. The molecule has 1 atom stereocenters. The van der Waals surface area contributed by atoms with Gasteiger partial charge in [-0.15, -0.1) is 0 Å². The van der Waals surface area contributed by atoms with Crippen LogP contribution in [0.4, 0.5) is 10.1 Å². The number of carbonyl (C=O) groups excluding carboxylic acids is 2. The number of H-pyrrole nitrogens is 1. The maximum absolute atomic E-state index is 15.1. The highest BCUT2D eigenvalue weighted by atomic mass is 19.1. The summed E-state index contributed by atoms with van der Waals surface area (Å²) in [5, 5.41) is 7.30. The van der Waals surface area contributed by atoms with Gasteiger partial charge in [0.15, 0.2) is 0 Å². The topological polar surface area (TPSA) is 75.3 Å². The normalized spacial score (nSPS) is 14.9. The van der Waals surface area contributed by atoms with Gasteiger partial charge in [0, 0.05) is 22.4 Å². The first-order chi connectivity index (χ1) is 16.5. The molecular weight excluding hydrogens is 433 g/mol. The second kappa shape index (κ2) is 8.59. The quantitative estimate of drug-likeness (QED) is 0.406. The van der Waals surface area contributed by atoms with Crippen LogP contribution in [0, 0.1) is 12.7 Å². The number of halogens is 1. The van der Waals surface area contributed by atoms with Crippen LogP contribution in [0.3, 0.4) is 0 Å². The van der Waals surface area contributed by atoms with Crippen LogP contribution < -0.4 is 4.90 Å². The summed E-state index contributed by atoms with van der Waals surface area (Å²) in [5.74, 6) is -1.18. The van der Waals surface area contributed by atoms with Crippen LogP contribution in [0.25, 0.3) is 11.3 Å². The molecule has 1 amide bonds. The van der Waals surface area contributed by atoms with Crippen LogP contribution in [0.1, 0.15) is 50.5 Å². The van der Waals surface area contributed by atoms with Crippen LogP contribution in [0.2, 0.25) is 0 Å². The van der Waals surface area contributed by atoms with Gasteiger partial charge in [0.05, 0.1) is 23.9 Å². The highest BCUT2D eigenvalue weighted by Crippen LogP contribution is 2.45. The SMILES string of the molecule is CCOC(=O)c1ccc(N2C(=O)c3[nH]nc(-c4ccc(C)cc4)c3C2c2ccccc2F)cc1. The van der Waals surface area contributed by atoms with E-state index in [2.05, 4.69) is 10.2 Å². The fourth-order valence-electron chi connectivity index (χ4n) is 4.31. The lowest BCUT2D eigenvalue weighted by Gasteiger charge is -2.27. The Balaban J connectivity index is 1.65. The number of aromatic amines is 1. The summed E-state index contributed by atoms with van der Waals surface area (Å²) in [7, 11) is 0. The number of aryl methyl sites for hydroxylation is 1. The Kier molecular flexibility index (Phi) is 5.45. The van der Waals surface area contributed by atoms with Gasteiger partial charge in [-0.2, -0.15) is 5.10 Å².